The van der Waals surface area contributed by atoms with E-state index in [-0.39, 0.29) is 24.1 Å². The van der Waals surface area contributed by atoms with Gasteiger partial charge in [0.05, 0.1) is 5.75 Å². The third-order valence-electron chi connectivity index (χ3n) is 3.32. The molecule has 0 spiro atoms. The lowest BCUT2D eigenvalue weighted by atomic mass is 10.1. The molecule has 0 aliphatic heterocycles. The molecule has 1 aliphatic carbocycles. The summed E-state index contributed by atoms with van der Waals surface area (Å²) in [6.45, 7) is -0.0742. The molecule has 0 radical (unpaired) electrons. The fourth-order valence-electron chi connectivity index (χ4n) is 2.16. The molecule has 0 bridgehead atoms. The molecule has 4 nitrogen and oxygen atoms in total. The zero-order chi connectivity index (χ0) is 14.8. The Morgan fingerprint density at radius 2 is 2.15 bits per heavy atom. The van der Waals surface area contributed by atoms with Gasteiger partial charge in [-0.25, -0.2) is 17.5 Å². The Labute approximate surface area is 123 Å². The highest BCUT2D eigenvalue weighted by atomic mass is 35.5. The minimum atomic E-state index is -3.66. The minimum absolute atomic E-state index is 0.0449. The fraction of sp³-hybridized carbons (Fsp3) is 0.538. The van der Waals surface area contributed by atoms with Gasteiger partial charge in [0.2, 0.25) is 10.0 Å². The SMILES string of the molecule is O=S(=O)(Cc1cc(Cl)ccc1F)NC(CCO)C1CC1. The second-order valence-electron chi connectivity index (χ2n) is 5.07. The number of aliphatic hydroxyl groups excluding tert-OH is 1. The number of rotatable bonds is 7. The number of sulfonamides is 1. The lowest BCUT2D eigenvalue weighted by Crippen LogP contribution is -2.37. The number of hydrogen-bond donors (Lipinski definition) is 2. The van der Waals surface area contributed by atoms with Gasteiger partial charge >= 0.3 is 0 Å². The first kappa shape index (κ1) is 15.7. The molecule has 1 aliphatic rings. The smallest absolute Gasteiger partial charge is 0.216 e. The number of hydrogen-bond acceptors (Lipinski definition) is 3. The average Bonchev–Trinajstić information content (AvgIpc) is 3.17. The van der Waals surface area contributed by atoms with E-state index < -0.39 is 21.6 Å². The zero-order valence-electron chi connectivity index (χ0n) is 10.9. The van der Waals surface area contributed by atoms with Crippen LogP contribution in [0.25, 0.3) is 0 Å². The van der Waals surface area contributed by atoms with Crippen LogP contribution in [0.3, 0.4) is 0 Å². The first-order chi connectivity index (χ1) is 9.41. The summed E-state index contributed by atoms with van der Waals surface area (Å²) >= 11 is 5.75. The van der Waals surface area contributed by atoms with Crippen molar-refractivity contribution in [2.45, 2.75) is 31.1 Å². The Balaban J connectivity index is 2.08. The second-order valence-corrected chi connectivity index (χ2v) is 7.26. The molecule has 1 saturated carbocycles. The van der Waals surface area contributed by atoms with E-state index in [0.29, 0.717) is 11.4 Å². The molecule has 2 N–H and O–H groups in total. The molecule has 1 aromatic carbocycles. The van der Waals surface area contributed by atoms with Crippen molar-refractivity contribution in [2.75, 3.05) is 6.61 Å². The maximum Gasteiger partial charge on any atom is 0.216 e. The van der Waals surface area contributed by atoms with Crippen molar-refractivity contribution in [2.24, 2.45) is 5.92 Å². The van der Waals surface area contributed by atoms with Gasteiger partial charge in [-0.05, 0) is 43.4 Å². The van der Waals surface area contributed by atoms with Gasteiger partial charge in [0.15, 0.2) is 0 Å². The summed E-state index contributed by atoms with van der Waals surface area (Å²) in [7, 11) is -3.66. The van der Waals surface area contributed by atoms with Gasteiger partial charge in [-0.15, -0.1) is 0 Å². The van der Waals surface area contributed by atoms with E-state index >= 15 is 0 Å². The Hall–Kier alpha value is -0.690. The van der Waals surface area contributed by atoms with Gasteiger partial charge in [0, 0.05) is 23.2 Å². The van der Waals surface area contributed by atoms with E-state index in [0.717, 1.165) is 18.9 Å². The Morgan fingerprint density at radius 1 is 1.45 bits per heavy atom. The van der Waals surface area contributed by atoms with Crippen molar-refractivity contribution in [3.05, 3.63) is 34.6 Å². The van der Waals surface area contributed by atoms with Gasteiger partial charge in [0.1, 0.15) is 5.82 Å². The summed E-state index contributed by atoms with van der Waals surface area (Å²) in [6.07, 6.45) is 2.29. The first-order valence-electron chi connectivity index (χ1n) is 6.46. The number of halogens is 2. The monoisotopic (exact) mass is 321 g/mol. The molecule has 112 valence electrons. The minimum Gasteiger partial charge on any atom is -0.396 e. The van der Waals surface area contributed by atoms with E-state index in [2.05, 4.69) is 4.72 Å². The molecule has 2 rings (SSSR count). The van der Waals surface area contributed by atoms with Crippen LogP contribution < -0.4 is 4.72 Å². The van der Waals surface area contributed by atoms with Crippen LogP contribution in [0.4, 0.5) is 4.39 Å². The van der Waals surface area contributed by atoms with Crippen LogP contribution in [0.15, 0.2) is 18.2 Å². The van der Waals surface area contributed by atoms with E-state index in [1.807, 2.05) is 0 Å². The van der Waals surface area contributed by atoms with Gasteiger partial charge < -0.3 is 5.11 Å². The molecule has 0 saturated heterocycles. The van der Waals surface area contributed by atoms with Crippen molar-refractivity contribution >= 4 is 21.6 Å². The quantitative estimate of drug-likeness (QED) is 0.808. The molecule has 1 aromatic rings. The van der Waals surface area contributed by atoms with Gasteiger partial charge in [-0.1, -0.05) is 11.6 Å². The van der Waals surface area contributed by atoms with Crippen LogP contribution in [-0.4, -0.2) is 26.2 Å². The average molecular weight is 322 g/mol. The van der Waals surface area contributed by atoms with Gasteiger partial charge in [-0.3, -0.25) is 0 Å². The van der Waals surface area contributed by atoms with Gasteiger partial charge in [-0.2, -0.15) is 0 Å². The highest BCUT2D eigenvalue weighted by Gasteiger charge is 2.33. The van der Waals surface area contributed by atoms with Crippen molar-refractivity contribution in [1.29, 1.82) is 0 Å². The summed E-state index contributed by atoms with van der Waals surface area (Å²) in [5.74, 6) is -0.764. The van der Waals surface area contributed by atoms with E-state index in [9.17, 15) is 12.8 Å². The van der Waals surface area contributed by atoms with Crippen LogP contribution in [0, 0.1) is 11.7 Å². The standard InChI is InChI=1S/C13H17ClFNO3S/c14-11-3-4-12(15)10(7-11)8-20(18,19)16-13(5-6-17)9-1-2-9/h3-4,7,9,13,16-17H,1-2,5-6,8H2. The molecule has 1 atom stereocenters. The van der Waals surface area contributed by atoms with Crippen LogP contribution >= 0.6 is 11.6 Å². The second kappa shape index (κ2) is 6.39. The molecular weight excluding hydrogens is 305 g/mol. The Kier molecular flexibility index (Phi) is 5.01. The maximum atomic E-state index is 13.6. The van der Waals surface area contributed by atoms with Crippen LogP contribution in [0.5, 0.6) is 0 Å². The predicted octanol–water partition coefficient (Wildman–Crippen LogP) is 2.06. The largest absolute Gasteiger partial charge is 0.396 e. The highest BCUT2D eigenvalue weighted by molar-refractivity contribution is 7.88. The van der Waals surface area contributed by atoms with Crippen LogP contribution in [-0.2, 0) is 15.8 Å². The third-order valence-corrected chi connectivity index (χ3v) is 4.90. The Bertz CT molecular complexity index is 575. The molecule has 1 unspecified atom stereocenters. The summed E-state index contributed by atoms with van der Waals surface area (Å²) in [5, 5.41) is 9.27. The predicted molar refractivity (Wildman–Crippen MR) is 75.4 cm³/mol. The molecule has 0 amide bonds. The summed E-state index contributed by atoms with van der Waals surface area (Å²) in [5.41, 5.74) is 0.0449. The van der Waals surface area contributed by atoms with Crippen LogP contribution in [0.1, 0.15) is 24.8 Å². The van der Waals surface area contributed by atoms with Crippen molar-refractivity contribution in [1.82, 2.24) is 4.72 Å². The summed E-state index contributed by atoms with van der Waals surface area (Å²) in [6, 6.07) is 3.57. The molecule has 1 fully saturated rings. The van der Waals surface area contributed by atoms with E-state index in [1.54, 1.807) is 0 Å². The summed E-state index contributed by atoms with van der Waals surface area (Å²) in [4.78, 5) is 0. The molecule has 20 heavy (non-hydrogen) atoms. The number of nitrogens with one attached hydrogen (secondary N) is 1. The summed E-state index contributed by atoms with van der Waals surface area (Å²) < 4.78 is 40.3. The van der Waals surface area contributed by atoms with E-state index in [4.69, 9.17) is 16.7 Å². The third kappa shape index (κ3) is 4.41. The van der Waals surface area contributed by atoms with Crippen molar-refractivity contribution in [3.8, 4) is 0 Å². The van der Waals surface area contributed by atoms with Crippen LogP contribution in [0.2, 0.25) is 5.02 Å². The normalized spacial score (nSPS) is 17.1. The molecule has 0 heterocycles. The lowest BCUT2D eigenvalue weighted by Gasteiger charge is -2.17. The highest BCUT2D eigenvalue weighted by Crippen LogP contribution is 2.34. The molecule has 0 aromatic heterocycles. The number of aliphatic hydroxyl groups is 1. The molecule has 7 heteroatoms. The topological polar surface area (TPSA) is 66.4 Å². The zero-order valence-corrected chi connectivity index (χ0v) is 12.4. The number of benzene rings is 1. The van der Waals surface area contributed by atoms with Crippen molar-refractivity contribution in [3.63, 3.8) is 0 Å². The first-order valence-corrected chi connectivity index (χ1v) is 8.49. The van der Waals surface area contributed by atoms with Gasteiger partial charge in [0.25, 0.3) is 0 Å². The maximum absolute atomic E-state index is 13.6. The van der Waals surface area contributed by atoms with E-state index in [1.165, 1.54) is 12.1 Å². The fourth-order valence-corrected chi connectivity index (χ4v) is 3.84. The van der Waals surface area contributed by atoms with Crippen molar-refractivity contribution < 1.29 is 17.9 Å². The molecular formula is C13H17ClFNO3S. The Morgan fingerprint density at radius 3 is 2.75 bits per heavy atom. The lowest BCUT2D eigenvalue weighted by molar-refractivity contribution is 0.265.